The molecular weight excluding hydrogens is 206 g/mol. The maximum atomic E-state index is 3.66. The third-order valence-electron chi connectivity index (χ3n) is 5.34. The van der Waals surface area contributed by atoms with Crippen LogP contribution in [-0.4, -0.2) is 13.1 Å². The van der Waals surface area contributed by atoms with E-state index in [-0.39, 0.29) is 0 Å². The molecular formula is C16H31N. The van der Waals surface area contributed by atoms with Crippen LogP contribution in [0.25, 0.3) is 0 Å². The summed E-state index contributed by atoms with van der Waals surface area (Å²) in [5.41, 5.74) is 0. The van der Waals surface area contributed by atoms with Gasteiger partial charge in [-0.15, -0.1) is 0 Å². The average Bonchev–Trinajstić information content (AvgIpc) is 2.19. The van der Waals surface area contributed by atoms with Crippen LogP contribution in [0.4, 0.5) is 0 Å². The largest absolute Gasteiger partial charge is 0.317 e. The van der Waals surface area contributed by atoms with Gasteiger partial charge < -0.3 is 5.32 Å². The molecule has 0 saturated heterocycles. The van der Waals surface area contributed by atoms with Gasteiger partial charge in [-0.3, -0.25) is 0 Å². The van der Waals surface area contributed by atoms with Crippen molar-refractivity contribution in [1.29, 1.82) is 0 Å². The molecule has 1 unspecified atom stereocenters. The number of hydrogen-bond donors (Lipinski definition) is 1. The fourth-order valence-corrected chi connectivity index (χ4v) is 3.83. The van der Waals surface area contributed by atoms with E-state index in [2.05, 4.69) is 19.3 Å². The maximum Gasteiger partial charge on any atom is 0.00976 e. The molecule has 0 aromatic heterocycles. The molecule has 0 aromatic carbocycles. The Balaban J connectivity index is 1.86. The molecule has 1 atom stereocenters. The van der Waals surface area contributed by atoms with Crippen LogP contribution in [0.2, 0.25) is 0 Å². The fourth-order valence-electron chi connectivity index (χ4n) is 3.83. The Bertz CT molecular complexity index is 192. The quantitative estimate of drug-likeness (QED) is 0.618. The fraction of sp³-hybridized carbons (Fsp3) is 1.00. The number of rotatable bonds is 8. The summed E-state index contributed by atoms with van der Waals surface area (Å²) in [6, 6.07) is 0.817. The van der Waals surface area contributed by atoms with Gasteiger partial charge >= 0.3 is 0 Å². The lowest BCUT2D eigenvalue weighted by Crippen LogP contribution is -2.45. The number of hydrogen-bond acceptors (Lipinski definition) is 1. The predicted molar refractivity (Wildman–Crippen MR) is 75.2 cm³/mol. The van der Waals surface area contributed by atoms with Gasteiger partial charge in [-0.1, -0.05) is 64.7 Å². The second kappa shape index (κ2) is 6.78. The van der Waals surface area contributed by atoms with Crippen LogP contribution in [-0.2, 0) is 0 Å². The molecule has 1 nitrogen and oxygen atoms in total. The van der Waals surface area contributed by atoms with Gasteiger partial charge in [0.05, 0.1) is 0 Å². The first-order valence-corrected chi connectivity index (χ1v) is 8.04. The van der Waals surface area contributed by atoms with E-state index in [4.69, 9.17) is 0 Å². The van der Waals surface area contributed by atoms with Gasteiger partial charge in [0.2, 0.25) is 0 Å². The zero-order chi connectivity index (χ0) is 12.1. The molecule has 0 aromatic rings. The zero-order valence-corrected chi connectivity index (χ0v) is 11.9. The van der Waals surface area contributed by atoms with Crippen molar-refractivity contribution < 1.29 is 0 Å². The highest BCUT2D eigenvalue weighted by molar-refractivity contribution is 4.92. The molecule has 2 aliphatic carbocycles. The molecule has 1 N–H and O–H groups in total. The Hall–Kier alpha value is -0.0400. The Morgan fingerprint density at radius 3 is 1.94 bits per heavy atom. The van der Waals surface area contributed by atoms with Crippen molar-refractivity contribution in [2.24, 2.45) is 17.8 Å². The van der Waals surface area contributed by atoms with Gasteiger partial charge in [0, 0.05) is 6.04 Å². The van der Waals surface area contributed by atoms with E-state index in [9.17, 15) is 0 Å². The normalized spacial score (nSPS) is 23.5. The Morgan fingerprint density at radius 1 is 1.00 bits per heavy atom. The Kier molecular flexibility index (Phi) is 5.34. The van der Waals surface area contributed by atoms with E-state index in [0.717, 1.165) is 23.8 Å². The third-order valence-corrected chi connectivity index (χ3v) is 5.34. The van der Waals surface area contributed by atoms with Gasteiger partial charge in [0.1, 0.15) is 0 Å². The average molecular weight is 237 g/mol. The minimum atomic E-state index is 0.817. The first-order chi connectivity index (χ1) is 8.36. The predicted octanol–water partition coefficient (Wildman–Crippen LogP) is 4.37. The van der Waals surface area contributed by atoms with Gasteiger partial charge in [-0.2, -0.15) is 0 Å². The summed E-state index contributed by atoms with van der Waals surface area (Å²) in [4.78, 5) is 0. The molecule has 2 aliphatic rings. The maximum absolute atomic E-state index is 3.66. The lowest BCUT2D eigenvalue weighted by molar-refractivity contribution is 0.0588. The van der Waals surface area contributed by atoms with E-state index in [1.165, 1.54) is 64.2 Å². The number of unbranched alkanes of at least 4 members (excludes halogenated alkanes) is 2. The van der Waals surface area contributed by atoms with Crippen molar-refractivity contribution in [2.45, 2.75) is 77.2 Å². The van der Waals surface area contributed by atoms with Crippen LogP contribution in [0.3, 0.4) is 0 Å². The van der Waals surface area contributed by atoms with Crippen molar-refractivity contribution in [3.63, 3.8) is 0 Å². The summed E-state index contributed by atoms with van der Waals surface area (Å²) in [5.74, 6) is 3.15. The molecule has 2 fully saturated rings. The molecule has 2 rings (SSSR count). The topological polar surface area (TPSA) is 12.0 Å². The summed E-state index contributed by atoms with van der Waals surface area (Å²) in [5, 5.41) is 3.66. The Morgan fingerprint density at radius 2 is 1.59 bits per heavy atom. The van der Waals surface area contributed by atoms with Crippen molar-refractivity contribution in [1.82, 2.24) is 5.32 Å². The van der Waals surface area contributed by atoms with Gasteiger partial charge in [-0.25, -0.2) is 0 Å². The Labute approximate surface area is 108 Å². The molecule has 0 aliphatic heterocycles. The molecule has 100 valence electrons. The molecule has 17 heavy (non-hydrogen) atoms. The van der Waals surface area contributed by atoms with Crippen LogP contribution >= 0.6 is 0 Å². The first kappa shape index (κ1) is 13.4. The van der Waals surface area contributed by atoms with Gasteiger partial charge in [-0.05, 0) is 31.2 Å². The highest BCUT2D eigenvalue weighted by Gasteiger charge is 2.39. The van der Waals surface area contributed by atoms with Crippen LogP contribution < -0.4 is 5.32 Å². The SMILES string of the molecule is CCCCCC(NC)C(C1CCC1)C1CCC1. The smallest absolute Gasteiger partial charge is 0.00976 e. The highest BCUT2D eigenvalue weighted by Crippen LogP contribution is 2.46. The minimum absolute atomic E-state index is 0.817. The summed E-state index contributed by atoms with van der Waals surface area (Å²) < 4.78 is 0. The first-order valence-electron chi connectivity index (χ1n) is 8.04. The molecule has 0 heterocycles. The minimum Gasteiger partial charge on any atom is -0.317 e. The lowest BCUT2D eigenvalue weighted by atomic mass is 9.61. The van der Waals surface area contributed by atoms with Gasteiger partial charge in [0.25, 0.3) is 0 Å². The molecule has 2 saturated carbocycles. The second-order valence-corrected chi connectivity index (χ2v) is 6.35. The summed E-state index contributed by atoms with van der Waals surface area (Å²) in [6.45, 7) is 2.31. The zero-order valence-electron chi connectivity index (χ0n) is 11.9. The lowest BCUT2D eigenvalue weighted by Gasteiger charge is -2.46. The van der Waals surface area contributed by atoms with E-state index in [1.54, 1.807) is 0 Å². The molecule has 0 spiro atoms. The molecule has 1 heteroatoms. The van der Waals surface area contributed by atoms with Crippen LogP contribution in [0.15, 0.2) is 0 Å². The standard InChI is InChI=1S/C16H31N/c1-3-4-5-12-15(17-2)16(13-8-6-9-13)14-10-7-11-14/h13-17H,3-12H2,1-2H3. The highest BCUT2D eigenvalue weighted by atomic mass is 14.9. The van der Waals surface area contributed by atoms with Crippen molar-refractivity contribution in [3.8, 4) is 0 Å². The monoisotopic (exact) mass is 237 g/mol. The summed E-state index contributed by atoms with van der Waals surface area (Å²) in [6.07, 6.45) is 14.7. The molecule has 0 amide bonds. The van der Waals surface area contributed by atoms with E-state index >= 15 is 0 Å². The number of nitrogens with one attached hydrogen (secondary N) is 1. The van der Waals surface area contributed by atoms with Crippen LogP contribution in [0.1, 0.15) is 71.1 Å². The van der Waals surface area contributed by atoms with Crippen LogP contribution in [0.5, 0.6) is 0 Å². The van der Waals surface area contributed by atoms with Crippen molar-refractivity contribution >= 4 is 0 Å². The van der Waals surface area contributed by atoms with Crippen LogP contribution in [0, 0.1) is 17.8 Å². The second-order valence-electron chi connectivity index (χ2n) is 6.35. The van der Waals surface area contributed by atoms with E-state index in [1.807, 2.05) is 0 Å². The third kappa shape index (κ3) is 3.24. The van der Waals surface area contributed by atoms with Crippen molar-refractivity contribution in [3.05, 3.63) is 0 Å². The molecule has 0 bridgehead atoms. The summed E-state index contributed by atoms with van der Waals surface area (Å²) in [7, 11) is 2.20. The summed E-state index contributed by atoms with van der Waals surface area (Å²) >= 11 is 0. The van der Waals surface area contributed by atoms with E-state index < -0.39 is 0 Å². The van der Waals surface area contributed by atoms with E-state index in [0.29, 0.717) is 0 Å². The van der Waals surface area contributed by atoms with Gasteiger partial charge in [0.15, 0.2) is 0 Å². The molecule has 0 radical (unpaired) electrons. The van der Waals surface area contributed by atoms with Crippen molar-refractivity contribution in [2.75, 3.05) is 7.05 Å².